The molecule has 1 aromatic rings. The Morgan fingerprint density at radius 2 is 1.44 bits per heavy atom. The van der Waals surface area contributed by atoms with Gasteiger partial charge in [0, 0.05) is 6.08 Å². The average Bonchev–Trinajstić information content (AvgIpc) is 3.01. The zero-order valence-corrected chi connectivity index (χ0v) is 26.7. The van der Waals surface area contributed by atoms with E-state index >= 15 is 0 Å². The fourth-order valence-electron chi connectivity index (χ4n) is 5.00. The second-order valence-corrected chi connectivity index (χ2v) is 12.6. The third kappa shape index (κ3) is 19.2. The maximum Gasteiger partial charge on any atom is 2.00 e. The van der Waals surface area contributed by atoms with Crippen molar-refractivity contribution >= 4 is 27.4 Å². The number of esters is 1. The molecule has 1 atom stereocenters. The first-order valence-corrected chi connectivity index (χ1v) is 15.7. The van der Waals surface area contributed by atoms with Gasteiger partial charge in [-0.15, -0.1) is 7.92 Å². The fourth-order valence-corrected chi connectivity index (χ4v) is 8.90. The molecule has 3 rings (SSSR count). The van der Waals surface area contributed by atoms with Gasteiger partial charge in [0.25, 0.3) is 0 Å². The van der Waals surface area contributed by atoms with Crippen molar-refractivity contribution in [2.45, 2.75) is 115 Å². The quantitative estimate of drug-likeness (QED) is 0.0738. The van der Waals surface area contributed by atoms with E-state index in [0.717, 1.165) is 25.4 Å². The van der Waals surface area contributed by atoms with E-state index in [1.54, 1.807) is 64.6 Å². The van der Waals surface area contributed by atoms with E-state index in [1.165, 1.54) is 49.7 Å². The second-order valence-electron chi connectivity index (χ2n) is 9.63. The first kappa shape index (κ1) is 37.5. The number of methoxy groups -OCH3 is 2. The number of benzene rings is 1. The van der Waals surface area contributed by atoms with Gasteiger partial charge in [0.2, 0.25) is 0 Å². The minimum absolute atomic E-state index is 0. The van der Waals surface area contributed by atoms with E-state index in [9.17, 15) is 4.79 Å². The summed E-state index contributed by atoms with van der Waals surface area (Å²) < 4.78 is 20.0. The van der Waals surface area contributed by atoms with Gasteiger partial charge in [-0.25, -0.2) is 4.79 Å². The van der Waals surface area contributed by atoms with Crippen LogP contribution in [0.2, 0.25) is 0 Å². The van der Waals surface area contributed by atoms with Gasteiger partial charge in [-0.1, -0.05) is 84.4 Å². The molecule has 39 heavy (non-hydrogen) atoms. The Morgan fingerprint density at radius 1 is 1.00 bits per heavy atom. The van der Waals surface area contributed by atoms with Crippen LogP contribution in [0.25, 0.3) is 0 Å². The van der Waals surface area contributed by atoms with Crippen molar-refractivity contribution in [1.29, 1.82) is 0 Å². The summed E-state index contributed by atoms with van der Waals surface area (Å²) in [6.45, 7) is 11.5. The van der Waals surface area contributed by atoms with Gasteiger partial charge in [0.1, 0.15) is 5.75 Å². The summed E-state index contributed by atoms with van der Waals surface area (Å²) in [7, 11) is 3.41. The third-order valence-electron chi connectivity index (χ3n) is 7.23. The summed E-state index contributed by atoms with van der Waals surface area (Å²) in [5.74, 6) is 1.19. The number of rotatable bonds is 8. The Labute approximate surface area is 253 Å². The largest absolute Gasteiger partial charge is 2.00 e. The van der Waals surface area contributed by atoms with Crippen LogP contribution in [0.1, 0.15) is 112 Å². The molecule has 2 aliphatic rings. The molecule has 0 bridgehead atoms. The van der Waals surface area contributed by atoms with Crippen LogP contribution in [0.4, 0.5) is 0 Å². The van der Waals surface area contributed by atoms with Gasteiger partial charge in [0.15, 0.2) is 0 Å². The van der Waals surface area contributed by atoms with Gasteiger partial charge >= 0.3 is 22.5 Å². The van der Waals surface area contributed by atoms with E-state index in [4.69, 9.17) is 17.1 Å². The van der Waals surface area contributed by atoms with Gasteiger partial charge in [-0.05, 0) is 73.2 Å². The van der Waals surface area contributed by atoms with Crippen molar-refractivity contribution in [1.82, 2.24) is 0 Å². The van der Waals surface area contributed by atoms with Crippen LogP contribution < -0.4 is 4.74 Å². The molecule has 0 aliphatic heterocycles. The zero-order chi connectivity index (χ0) is 30.6. The minimum atomic E-state index is -0.394. The van der Waals surface area contributed by atoms with E-state index in [2.05, 4.69) is 44.2 Å². The summed E-state index contributed by atoms with van der Waals surface area (Å²) >= 11 is 0. The normalized spacial score (nSPS) is 15.9. The number of carbonyl (C=O) groups excluding carboxylic acids is 3. The summed E-state index contributed by atoms with van der Waals surface area (Å²) in [5, 5.41) is 0. The fraction of sp³-hybridized carbons (Fsp3) is 0.656. The third-order valence-corrected chi connectivity index (χ3v) is 11.1. The van der Waals surface area contributed by atoms with Crippen LogP contribution in [0, 0.1) is 0 Å². The number of hydrogen-bond donors (Lipinski definition) is 0. The molecule has 2 aliphatic carbocycles. The van der Waals surface area contributed by atoms with Crippen molar-refractivity contribution in [3.63, 3.8) is 0 Å². The van der Waals surface area contributed by atoms with Gasteiger partial charge in [-0.3, -0.25) is 13.5 Å². The topological polar surface area (TPSA) is 69.7 Å². The Balaban J connectivity index is -0.000000510. The summed E-state index contributed by atoms with van der Waals surface area (Å²) in [5.41, 5.74) is 3.73. The van der Waals surface area contributed by atoms with Crippen molar-refractivity contribution in [3.8, 4) is 5.75 Å². The van der Waals surface area contributed by atoms with Crippen LogP contribution in [-0.4, -0.2) is 51.2 Å². The molecular formula is C32H53NiO5P. The standard InChI is InChI=1S/C15H29P.C11H16O.C4H6O2.2CHO.Ni/c1-2-13-16(14-9-5-3-6-10-14)15-11-7-4-8-12-15;1-4-9(2)10-5-7-11(12-3)8-6-10;1-3-4(5)6-2;2*1-2;/h14-15H,2-13H2,1H3;5-9H,4H2,1-3H3;3H,1H2,2H3;2*1H;/q;;;2*-1;+2/i;;;2*1D;. The predicted molar refractivity (Wildman–Crippen MR) is 163 cm³/mol. The van der Waals surface area contributed by atoms with Gasteiger partial charge < -0.3 is 19.1 Å². The number of ether oxygens (including phenoxy) is 2. The van der Waals surface area contributed by atoms with Crippen LogP contribution >= 0.6 is 7.92 Å². The number of hydrogen-bond acceptors (Lipinski definition) is 5. The van der Waals surface area contributed by atoms with Crippen LogP contribution in [-0.2, 0) is 35.6 Å². The van der Waals surface area contributed by atoms with Crippen molar-refractivity contribution < 1.29 is 43.1 Å². The van der Waals surface area contributed by atoms with E-state index in [-0.39, 0.29) is 16.5 Å². The molecule has 0 heterocycles. The van der Waals surface area contributed by atoms with Crippen molar-refractivity contribution in [2.24, 2.45) is 0 Å². The Hall–Kier alpha value is -1.51. The second kappa shape index (κ2) is 29.5. The molecule has 0 N–H and O–H groups in total. The van der Waals surface area contributed by atoms with Crippen molar-refractivity contribution in [2.75, 3.05) is 20.4 Å². The molecule has 0 saturated heterocycles. The first-order chi connectivity index (χ1) is 19.3. The van der Waals surface area contributed by atoms with E-state index in [1.807, 2.05) is 12.1 Å². The van der Waals surface area contributed by atoms with E-state index < -0.39 is 5.97 Å². The molecule has 226 valence electrons. The van der Waals surface area contributed by atoms with Crippen LogP contribution in [0.3, 0.4) is 0 Å². The average molecular weight is 609 g/mol. The molecule has 1 unspecified atom stereocenters. The molecular weight excluding hydrogens is 554 g/mol. The Morgan fingerprint density at radius 3 is 1.72 bits per heavy atom. The van der Waals surface area contributed by atoms with Crippen LogP contribution in [0.5, 0.6) is 5.75 Å². The molecule has 7 heteroatoms. The molecule has 5 nitrogen and oxygen atoms in total. The maximum atomic E-state index is 9.84. The summed E-state index contributed by atoms with van der Waals surface area (Å²) in [6, 6.07) is 8.29. The molecule has 0 amide bonds. The predicted octanol–water partition coefficient (Wildman–Crippen LogP) is 8.55. The molecule has 0 aromatic heterocycles. The van der Waals surface area contributed by atoms with Gasteiger partial charge in [0.05, 0.1) is 14.2 Å². The maximum absolute atomic E-state index is 9.84. The molecule has 2 saturated carbocycles. The SMILES string of the molecule is C=CC(=O)OC.CCC(C)c1ccc(OC)cc1.CCCP(C1CCCCC1)C1CCCCC1.[2H][C-]=O.[2H][C-]=O.[Ni+2]. The van der Waals surface area contributed by atoms with E-state index in [0.29, 0.717) is 13.8 Å². The van der Waals surface area contributed by atoms with Crippen LogP contribution in [0.15, 0.2) is 36.9 Å². The summed E-state index contributed by atoms with van der Waals surface area (Å²) in [4.78, 5) is 26.5. The molecule has 1 aromatic carbocycles. The van der Waals surface area contributed by atoms with Crippen molar-refractivity contribution in [3.05, 3.63) is 42.5 Å². The molecule has 2 fully saturated rings. The minimum Gasteiger partial charge on any atom is -0.545 e. The number of carbonyl (C=O) groups is 1. The Kier molecular flexibility index (Phi) is 28.3. The summed E-state index contributed by atoms with van der Waals surface area (Å²) in [6.07, 6.45) is 20.9. The van der Waals surface area contributed by atoms with Gasteiger partial charge in [-0.2, -0.15) is 2.74 Å². The smallest absolute Gasteiger partial charge is 0.545 e. The first-order valence-electron chi connectivity index (χ1n) is 15.0. The zero-order valence-electron chi connectivity index (χ0n) is 26.8. The molecule has 0 radical (unpaired) electrons. The Bertz CT molecular complexity index is 731. The monoisotopic (exact) mass is 608 g/mol. The molecule has 0 spiro atoms.